The number of aromatic carboxylic acids is 1. The van der Waals surface area contributed by atoms with E-state index in [0.717, 1.165) is 26.6 Å². The van der Waals surface area contributed by atoms with Crippen molar-refractivity contribution in [2.24, 2.45) is 5.73 Å². The van der Waals surface area contributed by atoms with Crippen LogP contribution in [0.3, 0.4) is 0 Å². The van der Waals surface area contributed by atoms with E-state index in [1.54, 1.807) is 30.5 Å². The quantitative estimate of drug-likeness (QED) is 0.647. The lowest BCUT2D eigenvalue weighted by atomic mass is 10.1. The Kier molecular flexibility index (Phi) is 4.27. The van der Waals surface area contributed by atoms with Crippen molar-refractivity contribution in [2.75, 3.05) is 5.32 Å². The van der Waals surface area contributed by atoms with Crippen molar-refractivity contribution in [3.63, 3.8) is 0 Å². The van der Waals surface area contributed by atoms with Crippen LogP contribution in [0.2, 0.25) is 0 Å². The Balaban J connectivity index is 2.19. The number of nitrogens with zero attached hydrogens (tertiary/aromatic N) is 1. The molecule has 0 saturated carbocycles. The fraction of sp³-hybridized carbons (Fsp3) is 0.0588. The second-order valence-corrected chi connectivity index (χ2v) is 5.92. The molecule has 2 aromatic carbocycles. The first-order valence-corrected chi connectivity index (χ1v) is 7.76. The molecule has 0 atom stereocenters. The van der Waals surface area contributed by atoms with Gasteiger partial charge in [0.05, 0.1) is 22.5 Å². The number of rotatable bonds is 4. The summed E-state index contributed by atoms with van der Waals surface area (Å²) in [6, 6.07) is 12.5. The van der Waals surface area contributed by atoms with Crippen LogP contribution in [0.15, 0.2) is 53.1 Å². The van der Waals surface area contributed by atoms with Crippen molar-refractivity contribution in [1.29, 1.82) is 0 Å². The van der Waals surface area contributed by atoms with E-state index in [-0.39, 0.29) is 5.56 Å². The minimum absolute atomic E-state index is 0.204. The van der Waals surface area contributed by atoms with Crippen molar-refractivity contribution in [1.82, 2.24) is 4.98 Å². The summed E-state index contributed by atoms with van der Waals surface area (Å²) in [7, 11) is 0. The second kappa shape index (κ2) is 6.36. The van der Waals surface area contributed by atoms with Crippen molar-refractivity contribution < 1.29 is 9.90 Å². The van der Waals surface area contributed by atoms with Gasteiger partial charge in [0, 0.05) is 28.2 Å². The Labute approximate surface area is 141 Å². The lowest BCUT2D eigenvalue weighted by Crippen LogP contribution is -2.07. The number of fused-ring (bicyclic) bond motifs is 1. The molecule has 23 heavy (non-hydrogen) atoms. The molecule has 0 amide bonds. The second-order valence-electron chi connectivity index (χ2n) is 5.00. The van der Waals surface area contributed by atoms with Crippen LogP contribution < -0.4 is 11.1 Å². The number of aromatic nitrogens is 1. The fourth-order valence-corrected chi connectivity index (χ4v) is 2.78. The zero-order valence-electron chi connectivity index (χ0n) is 12.1. The van der Waals surface area contributed by atoms with E-state index in [0.29, 0.717) is 12.2 Å². The van der Waals surface area contributed by atoms with Crippen molar-refractivity contribution in [3.8, 4) is 0 Å². The third-order valence-corrected chi connectivity index (χ3v) is 4.04. The van der Waals surface area contributed by atoms with E-state index in [1.807, 2.05) is 18.2 Å². The molecule has 116 valence electrons. The number of benzene rings is 2. The monoisotopic (exact) mass is 371 g/mol. The van der Waals surface area contributed by atoms with Crippen LogP contribution in [0.25, 0.3) is 10.9 Å². The summed E-state index contributed by atoms with van der Waals surface area (Å²) >= 11 is 3.46. The highest BCUT2D eigenvalue weighted by Gasteiger charge is 2.13. The molecule has 3 aromatic rings. The Morgan fingerprint density at radius 1 is 1.26 bits per heavy atom. The van der Waals surface area contributed by atoms with Gasteiger partial charge >= 0.3 is 5.97 Å². The van der Waals surface area contributed by atoms with E-state index >= 15 is 0 Å². The molecule has 1 heterocycles. The van der Waals surface area contributed by atoms with Gasteiger partial charge in [-0.3, -0.25) is 4.98 Å². The summed E-state index contributed by atoms with van der Waals surface area (Å²) in [5, 5.41) is 13.4. The third-order valence-electron chi connectivity index (χ3n) is 3.55. The number of carboxylic acid groups (broad SMARTS) is 1. The van der Waals surface area contributed by atoms with Crippen molar-refractivity contribution >= 4 is 44.2 Å². The normalized spacial score (nSPS) is 10.7. The summed E-state index contributed by atoms with van der Waals surface area (Å²) in [6.45, 7) is 0.299. The first-order valence-electron chi connectivity index (χ1n) is 6.96. The SMILES string of the molecule is NCc1cnc2ccc(Br)cc2c1Nc1ccccc1C(=O)O. The molecule has 0 aliphatic carbocycles. The van der Waals surface area contributed by atoms with Gasteiger partial charge in [0.15, 0.2) is 0 Å². The average Bonchev–Trinajstić information content (AvgIpc) is 2.55. The van der Waals surface area contributed by atoms with E-state index in [9.17, 15) is 9.90 Å². The molecule has 0 radical (unpaired) electrons. The number of halogens is 1. The minimum atomic E-state index is -0.984. The predicted octanol–water partition coefficient (Wildman–Crippen LogP) is 3.90. The van der Waals surface area contributed by atoms with E-state index in [1.165, 1.54) is 0 Å². The Morgan fingerprint density at radius 2 is 2.04 bits per heavy atom. The summed E-state index contributed by atoms with van der Waals surface area (Å²) in [6.07, 6.45) is 1.71. The highest BCUT2D eigenvalue weighted by molar-refractivity contribution is 9.10. The van der Waals surface area contributed by atoms with Crippen LogP contribution in [-0.4, -0.2) is 16.1 Å². The zero-order chi connectivity index (χ0) is 16.4. The maximum absolute atomic E-state index is 11.4. The maximum Gasteiger partial charge on any atom is 0.337 e. The number of pyridine rings is 1. The number of anilines is 2. The number of hydrogen-bond donors (Lipinski definition) is 3. The summed E-state index contributed by atoms with van der Waals surface area (Å²) in [4.78, 5) is 15.8. The van der Waals surface area contributed by atoms with Gasteiger partial charge in [-0.05, 0) is 30.3 Å². The molecule has 0 aliphatic rings. The number of nitrogens with one attached hydrogen (secondary N) is 1. The van der Waals surface area contributed by atoms with E-state index in [4.69, 9.17) is 5.73 Å². The Hall–Kier alpha value is -2.44. The molecule has 3 rings (SSSR count). The molecule has 5 nitrogen and oxygen atoms in total. The van der Waals surface area contributed by atoms with Gasteiger partial charge in [-0.15, -0.1) is 0 Å². The molecular weight excluding hydrogens is 358 g/mol. The minimum Gasteiger partial charge on any atom is -0.478 e. The lowest BCUT2D eigenvalue weighted by Gasteiger charge is -2.15. The molecule has 0 saturated heterocycles. The van der Waals surface area contributed by atoms with Crippen LogP contribution in [0.1, 0.15) is 15.9 Å². The van der Waals surface area contributed by atoms with Gasteiger partial charge in [0.2, 0.25) is 0 Å². The molecule has 0 unspecified atom stereocenters. The smallest absolute Gasteiger partial charge is 0.337 e. The first-order chi connectivity index (χ1) is 11.1. The highest BCUT2D eigenvalue weighted by Crippen LogP contribution is 2.32. The number of para-hydroxylation sites is 1. The lowest BCUT2D eigenvalue weighted by molar-refractivity contribution is 0.0698. The number of hydrogen-bond acceptors (Lipinski definition) is 4. The topological polar surface area (TPSA) is 88.2 Å². The van der Waals surface area contributed by atoms with Crippen LogP contribution >= 0.6 is 15.9 Å². The number of carbonyl (C=O) groups is 1. The van der Waals surface area contributed by atoms with Crippen molar-refractivity contribution in [3.05, 3.63) is 64.3 Å². The molecule has 0 spiro atoms. The largest absolute Gasteiger partial charge is 0.478 e. The Bertz CT molecular complexity index is 896. The summed E-state index contributed by atoms with van der Waals surface area (Å²) < 4.78 is 0.913. The Morgan fingerprint density at radius 3 is 2.78 bits per heavy atom. The molecule has 1 aromatic heterocycles. The van der Waals surface area contributed by atoms with Crippen LogP contribution in [0.5, 0.6) is 0 Å². The van der Waals surface area contributed by atoms with Gasteiger partial charge in [-0.1, -0.05) is 28.1 Å². The predicted molar refractivity (Wildman–Crippen MR) is 94.0 cm³/mol. The van der Waals surface area contributed by atoms with Gasteiger partial charge in [0.25, 0.3) is 0 Å². The van der Waals surface area contributed by atoms with Gasteiger partial charge in [-0.25, -0.2) is 4.79 Å². The highest BCUT2D eigenvalue weighted by atomic mass is 79.9. The fourth-order valence-electron chi connectivity index (χ4n) is 2.42. The third kappa shape index (κ3) is 3.04. The van der Waals surface area contributed by atoms with Gasteiger partial charge < -0.3 is 16.2 Å². The number of carboxylic acids is 1. The maximum atomic E-state index is 11.4. The number of nitrogens with two attached hydrogens (primary N) is 1. The van der Waals surface area contributed by atoms with Gasteiger partial charge in [0.1, 0.15) is 0 Å². The van der Waals surface area contributed by atoms with Crippen LogP contribution in [-0.2, 0) is 6.54 Å². The zero-order valence-corrected chi connectivity index (χ0v) is 13.7. The molecular formula is C17H14BrN3O2. The van der Waals surface area contributed by atoms with Gasteiger partial charge in [-0.2, -0.15) is 0 Å². The van der Waals surface area contributed by atoms with Crippen LogP contribution in [0.4, 0.5) is 11.4 Å². The van der Waals surface area contributed by atoms with E-state index < -0.39 is 5.97 Å². The van der Waals surface area contributed by atoms with E-state index in [2.05, 4.69) is 26.2 Å². The standard InChI is InChI=1S/C17H14BrN3O2/c18-11-5-6-14-13(7-11)16(10(8-19)9-20-14)21-15-4-2-1-3-12(15)17(22)23/h1-7,9H,8,19H2,(H,20,21)(H,22,23). The first kappa shape index (κ1) is 15.5. The summed E-state index contributed by atoms with van der Waals surface area (Å²) in [5.74, 6) is -0.984. The molecule has 4 N–H and O–H groups in total. The molecule has 0 bridgehead atoms. The molecule has 0 fully saturated rings. The summed E-state index contributed by atoms with van der Waals surface area (Å²) in [5.41, 5.74) is 8.94. The van der Waals surface area contributed by atoms with Crippen LogP contribution in [0, 0.1) is 0 Å². The molecule has 6 heteroatoms. The van der Waals surface area contributed by atoms with Crippen molar-refractivity contribution in [2.45, 2.75) is 6.54 Å². The molecule has 0 aliphatic heterocycles. The average molecular weight is 372 g/mol.